The third-order valence-corrected chi connectivity index (χ3v) is 5.32. The van der Waals surface area contributed by atoms with Gasteiger partial charge in [-0.2, -0.15) is 0 Å². The molecule has 0 unspecified atom stereocenters. The maximum Gasteiger partial charge on any atom is 0.254 e. The minimum atomic E-state index is -0.396. The summed E-state index contributed by atoms with van der Waals surface area (Å²) in [4.78, 5) is 14.8. The molecule has 0 saturated heterocycles. The Morgan fingerprint density at radius 1 is 1.17 bits per heavy atom. The standard InChI is InChI=1S/C20H21NO2/c1-2-13-11-16-17(15-8-4-3-7-14(13)15)12-21(20(16)23)18-9-5-6-10-19(18)22/h2-4,7-8,11,18-19,22H,1,5-6,9-10,12H2/t18-,19-/m0/s1. The van der Waals surface area contributed by atoms with E-state index in [0.717, 1.165) is 53.1 Å². The first-order valence-corrected chi connectivity index (χ1v) is 8.37. The number of carbonyl (C=O) groups is 1. The maximum absolute atomic E-state index is 12.9. The predicted octanol–water partition coefficient (Wildman–Crippen LogP) is 3.74. The molecule has 3 heteroatoms. The third kappa shape index (κ3) is 2.19. The molecule has 2 aromatic rings. The number of nitrogens with zero attached hydrogens (tertiary/aromatic N) is 1. The maximum atomic E-state index is 12.9. The molecule has 1 heterocycles. The fourth-order valence-electron chi connectivity index (χ4n) is 4.11. The molecule has 1 aliphatic heterocycles. The van der Waals surface area contributed by atoms with Gasteiger partial charge in [0.15, 0.2) is 0 Å². The lowest BCUT2D eigenvalue weighted by Crippen LogP contribution is -2.45. The second-order valence-electron chi connectivity index (χ2n) is 6.59. The van der Waals surface area contributed by atoms with Crippen LogP contribution in [0.3, 0.4) is 0 Å². The van der Waals surface area contributed by atoms with Crippen LogP contribution < -0.4 is 0 Å². The molecule has 1 amide bonds. The van der Waals surface area contributed by atoms with Crippen molar-refractivity contribution in [2.45, 2.75) is 44.4 Å². The van der Waals surface area contributed by atoms with Crippen molar-refractivity contribution >= 4 is 22.8 Å². The van der Waals surface area contributed by atoms with Crippen LogP contribution in [0.4, 0.5) is 0 Å². The number of fused-ring (bicyclic) bond motifs is 3. The van der Waals surface area contributed by atoms with Gasteiger partial charge >= 0.3 is 0 Å². The smallest absolute Gasteiger partial charge is 0.254 e. The van der Waals surface area contributed by atoms with Crippen LogP contribution in [0.1, 0.15) is 47.2 Å². The zero-order chi connectivity index (χ0) is 16.0. The number of aliphatic hydroxyl groups excluding tert-OH is 1. The summed E-state index contributed by atoms with van der Waals surface area (Å²) in [5.41, 5.74) is 2.86. The topological polar surface area (TPSA) is 40.5 Å². The summed E-state index contributed by atoms with van der Waals surface area (Å²) < 4.78 is 0. The molecule has 0 radical (unpaired) electrons. The Labute approximate surface area is 136 Å². The van der Waals surface area contributed by atoms with Crippen LogP contribution in [-0.2, 0) is 6.54 Å². The van der Waals surface area contributed by atoms with Crippen LogP contribution in [-0.4, -0.2) is 28.1 Å². The Kier molecular flexibility index (Phi) is 3.46. The van der Waals surface area contributed by atoms with Gasteiger partial charge in [-0.15, -0.1) is 0 Å². The Morgan fingerprint density at radius 2 is 1.91 bits per heavy atom. The summed E-state index contributed by atoms with van der Waals surface area (Å²) in [7, 11) is 0. The Bertz CT molecular complexity index is 796. The molecule has 3 nitrogen and oxygen atoms in total. The highest BCUT2D eigenvalue weighted by atomic mass is 16.3. The van der Waals surface area contributed by atoms with Gasteiger partial charge in [0.2, 0.25) is 0 Å². The second kappa shape index (κ2) is 5.50. The molecular weight excluding hydrogens is 286 g/mol. The summed E-state index contributed by atoms with van der Waals surface area (Å²) in [5.74, 6) is 0.0554. The van der Waals surface area contributed by atoms with Crippen molar-refractivity contribution in [3.05, 3.63) is 53.6 Å². The second-order valence-corrected chi connectivity index (χ2v) is 6.59. The lowest BCUT2D eigenvalue weighted by atomic mass is 9.91. The van der Waals surface area contributed by atoms with Crippen LogP contribution in [0.2, 0.25) is 0 Å². The van der Waals surface area contributed by atoms with Crippen molar-refractivity contribution in [3.8, 4) is 0 Å². The van der Waals surface area contributed by atoms with E-state index in [1.807, 2.05) is 29.2 Å². The molecule has 1 N–H and O–H groups in total. The van der Waals surface area contributed by atoms with Gasteiger partial charge in [0.25, 0.3) is 5.91 Å². The Hall–Kier alpha value is -2.13. The first kappa shape index (κ1) is 14.5. The minimum Gasteiger partial charge on any atom is -0.391 e. The van der Waals surface area contributed by atoms with Crippen molar-refractivity contribution in [3.63, 3.8) is 0 Å². The SMILES string of the molecule is C=Cc1cc2c(c3ccccc13)CN([C@H]1CCCC[C@@H]1O)C2=O. The Morgan fingerprint density at radius 3 is 2.65 bits per heavy atom. The third-order valence-electron chi connectivity index (χ3n) is 5.32. The summed E-state index contributed by atoms with van der Waals surface area (Å²) in [6.07, 6.45) is 5.24. The molecule has 23 heavy (non-hydrogen) atoms. The average Bonchev–Trinajstić information content (AvgIpc) is 2.91. The monoisotopic (exact) mass is 307 g/mol. The van der Waals surface area contributed by atoms with E-state index in [1.165, 1.54) is 0 Å². The number of aliphatic hydroxyl groups is 1. The summed E-state index contributed by atoms with van der Waals surface area (Å²) in [5, 5.41) is 12.6. The van der Waals surface area contributed by atoms with Crippen molar-refractivity contribution in [2.24, 2.45) is 0 Å². The number of hydrogen-bond acceptors (Lipinski definition) is 2. The van der Waals surface area contributed by atoms with Gasteiger partial charge in [0.1, 0.15) is 0 Å². The van der Waals surface area contributed by atoms with E-state index in [0.29, 0.717) is 6.54 Å². The van der Waals surface area contributed by atoms with E-state index in [-0.39, 0.29) is 11.9 Å². The number of amides is 1. The quantitative estimate of drug-likeness (QED) is 0.918. The molecule has 118 valence electrons. The minimum absolute atomic E-state index is 0.0467. The molecule has 2 aliphatic rings. The van der Waals surface area contributed by atoms with E-state index >= 15 is 0 Å². The number of benzene rings is 2. The van der Waals surface area contributed by atoms with E-state index in [9.17, 15) is 9.90 Å². The largest absolute Gasteiger partial charge is 0.391 e. The van der Waals surface area contributed by atoms with Gasteiger partial charge in [-0.05, 0) is 40.8 Å². The van der Waals surface area contributed by atoms with Gasteiger partial charge in [0.05, 0.1) is 12.1 Å². The average molecular weight is 307 g/mol. The van der Waals surface area contributed by atoms with Gasteiger partial charge in [-0.3, -0.25) is 4.79 Å². The molecule has 0 spiro atoms. The van der Waals surface area contributed by atoms with Crippen molar-refractivity contribution in [1.29, 1.82) is 0 Å². The van der Waals surface area contributed by atoms with Gasteiger partial charge < -0.3 is 10.0 Å². The fourth-order valence-corrected chi connectivity index (χ4v) is 4.11. The highest BCUT2D eigenvalue weighted by Crippen LogP contribution is 2.36. The number of carbonyl (C=O) groups excluding carboxylic acids is 1. The molecule has 1 fully saturated rings. The fraction of sp³-hybridized carbons (Fsp3) is 0.350. The Balaban J connectivity index is 1.82. The van der Waals surface area contributed by atoms with Gasteiger partial charge in [0, 0.05) is 12.1 Å². The lowest BCUT2D eigenvalue weighted by Gasteiger charge is -2.35. The van der Waals surface area contributed by atoms with Crippen LogP contribution in [0.25, 0.3) is 16.8 Å². The molecule has 0 bridgehead atoms. The van der Waals surface area contributed by atoms with E-state index < -0.39 is 6.10 Å². The normalized spacial score (nSPS) is 24.0. The van der Waals surface area contributed by atoms with Crippen molar-refractivity contribution in [1.82, 2.24) is 4.90 Å². The summed E-state index contributed by atoms with van der Waals surface area (Å²) >= 11 is 0. The van der Waals surface area contributed by atoms with E-state index in [2.05, 4.69) is 18.7 Å². The zero-order valence-corrected chi connectivity index (χ0v) is 13.2. The summed E-state index contributed by atoms with van der Waals surface area (Å²) in [6.45, 7) is 4.49. The molecule has 2 atom stereocenters. The number of rotatable bonds is 2. The first-order chi connectivity index (χ1) is 11.2. The first-order valence-electron chi connectivity index (χ1n) is 8.37. The molecule has 0 aromatic heterocycles. The van der Waals surface area contributed by atoms with Gasteiger partial charge in [-0.1, -0.05) is 49.8 Å². The van der Waals surface area contributed by atoms with Crippen LogP contribution in [0.5, 0.6) is 0 Å². The van der Waals surface area contributed by atoms with E-state index in [4.69, 9.17) is 0 Å². The lowest BCUT2D eigenvalue weighted by molar-refractivity contribution is 0.0192. The van der Waals surface area contributed by atoms with Crippen LogP contribution >= 0.6 is 0 Å². The molecule has 1 saturated carbocycles. The predicted molar refractivity (Wildman–Crippen MR) is 92.2 cm³/mol. The van der Waals surface area contributed by atoms with Gasteiger partial charge in [-0.25, -0.2) is 0 Å². The molecular formula is C20H21NO2. The summed E-state index contributed by atoms with van der Waals surface area (Å²) in [6, 6.07) is 10.1. The van der Waals surface area contributed by atoms with Crippen LogP contribution in [0, 0.1) is 0 Å². The zero-order valence-electron chi connectivity index (χ0n) is 13.2. The number of hydrogen-bond donors (Lipinski definition) is 1. The molecule has 2 aromatic carbocycles. The molecule has 1 aliphatic carbocycles. The van der Waals surface area contributed by atoms with Crippen molar-refractivity contribution < 1.29 is 9.90 Å². The van der Waals surface area contributed by atoms with E-state index in [1.54, 1.807) is 0 Å². The van der Waals surface area contributed by atoms with Crippen molar-refractivity contribution in [2.75, 3.05) is 0 Å². The molecule has 4 rings (SSSR count). The highest BCUT2D eigenvalue weighted by Gasteiger charge is 2.38. The van der Waals surface area contributed by atoms with Crippen LogP contribution in [0.15, 0.2) is 36.9 Å². The highest BCUT2D eigenvalue weighted by molar-refractivity contribution is 6.06.